The molecule has 1 atom stereocenters. The molecule has 2 heteroatoms. The Morgan fingerprint density at radius 2 is 2.06 bits per heavy atom. The summed E-state index contributed by atoms with van der Waals surface area (Å²) in [5, 5.41) is 13.0. The normalized spacial score (nSPS) is 22.7. The molecule has 1 aliphatic rings. The first-order valence-electron chi connectivity index (χ1n) is 6.61. The Bertz CT molecular complexity index is 518. The van der Waals surface area contributed by atoms with Gasteiger partial charge in [0, 0.05) is 4.88 Å². The molecule has 1 nitrogen and oxygen atoms in total. The third kappa shape index (κ3) is 2.23. The van der Waals surface area contributed by atoms with E-state index >= 15 is 0 Å². The minimum atomic E-state index is -0.612. The van der Waals surface area contributed by atoms with Gasteiger partial charge in [-0.3, -0.25) is 0 Å². The maximum Gasteiger partial charge on any atom is 0.0902 e. The second-order valence-corrected chi connectivity index (χ2v) is 6.15. The zero-order valence-corrected chi connectivity index (χ0v) is 11.2. The van der Waals surface area contributed by atoms with Gasteiger partial charge in [0.1, 0.15) is 0 Å². The van der Waals surface area contributed by atoms with Crippen LogP contribution in [0.1, 0.15) is 35.3 Å². The van der Waals surface area contributed by atoms with Crippen molar-refractivity contribution >= 4 is 11.3 Å². The van der Waals surface area contributed by atoms with Crippen molar-refractivity contribution in [1.82, 2.24) is 0 Å². The Balaban J connectivity index is 1.82. The van der Waals surface area contributed by atoms with Crippen LogP contribution in [0.25, 0.3) is 0 Å². The first kappa shape index (κ1) is 11.9. The molecule has 0 fully saturated rings. The highest BCUT2D eigenvalue weighted by molar-refractivity contribution is 7.09. The minimum Gasteiger partial charge on any atom is -0.385 e. The third-order valence-corrected chi connectivity index (χ3v) is 4.86. The molecule has 1 aliphatic carbocycles. The summed E-state index contributed by atoms with van der Waals surface area (Å²) in [6, 6.07) is 12.6. The van der Waals surface area contributed by atoms with E-state index < -0.39 is 5.60 Å². The minimum absolute atomic E-state index is 0.612. The van der Waals surface area contributed by atoms with Crippen LogP contribution in [0.2, 0.25) is 0 Å². The molecule has 2 aromatic rings. The topological polar surface area (TPSA) is 20.2 Å². The fourth-order valence-corrected chi connectivity index (χ4v) is 3.65. The van der Waals surface area contributed by atoms with E-state index in [-0.39, 0.29) is 0 Å². The highest BCUT2D eigenvalue weighted by atomic mass is 32.1. The van der Waals surface area contributed by atoms with Crippen LogP contribution in [-0.4, -0.2) is 5.11 Å². The van der Waals surface area contributed by atoms with E-state index in [0.717, 1.165) is 37.7 Å². The molecule has 0 spiro atoms. The number of hydrogen-bond acceptors (Lipinski definition) is 2. The van der Waals surface area contributed by atoms with Crippen LogP contribution in [0.5, 0.6) is 0 Å². The van der Waals surface area contributed by atoms with Crippen LogP contribution < -0.4 is 0 Å². The number of aliphatic hydroxyl groups is 1. The Hall–Kier alpha value is -1.12. The average Bonchev–Trinajstić information content (AvgIpc) is 2.90. The largest absolute Gasteiger partial charge is 0.385 e. The van der Waals surface area contributed by atoms with E-state index in [0.29, 0.717) is 0 Å². The molecule has 0 amide bonds. The fourth-order valence-electron chi connectivity index (χ4n) is 2.94. The van der Waals surface area contributed by atoms with Crippen molar-refractivity contribution in [2.75, 3.05) is 0 Å². The monoisotopic (exact) mass is 258 g/mol. The van der Waals surface area contributed by atoms with E-state index in [9.17, 15) is 5.11 Å². The first-order valence-corrected chi connectivity index (χ1v) is 7.49. The Morgan fingerprint density at radius 1 is 1.17 bits per heavy atom. The number of fused-ring (bicyclic) bond motifs is 1. The summed E-state index contributed by atoms with van der Waals surface area (Å²) in [6.45, 7) is 0. The highest BCUT2D eigenvalue weighted by Crippen LogP contribution is 2.38. The van der Waals surface area contributed by atoms with Gasteiger partial charge in [-0.1, -0.05) is 30.3 Å². The summed E-state index contributed by atoms with van der Waals surface area (Å²) in [7, 11) is 0. The second-order valence-electron chi connectivity index (χ2n) is 5.12. The molecule has 1 aromatic heterocycles. The number of aryl methyl sites for hydroxylation is 2. The predicted molar refractivity (Wildman–Crippen MR) is 75.9 cm³/mol. The van der Waals surface area contributed by atoms with Crippen molar-refractivity contribution in [3.05, 3.63) is 57.8 Å². The van der Waals surface area contributed by atoms with E-state index in [1.165, 1.54) is 10.4 Å². The zero-order chi connectivity index (χ0) is 12.4. The molecule has 0 radical (unpaired) electrons. The van der Waals surface area contributed by atoms with Gasteiger partial charge in [0.25, 0.3) is 0 Å². The number of hydrogen-bond donors (Lipinski definition) is 1. The summed E-state index contributed by atoms with van der Waals surface area (Å²) < 4.78 is 0. The maximum atomic E-state index is 10.9. The number of rotatable bonds is 3. The molecule has 0 saturated heterocycles. The summed E-state index contributed by atoms with van der Waals surface area (Å²) >= 11 is 1.78. The average molecular weight is 258 g/mol. The van der Waals surface area contributed by atoms with Crippen molar-refractivity contribution in [1.29, 1.82) is 0 Å². The molecule has 1 aromatic carbocycles. The van der Waals surface area contributed by atoms with Crippen LogP contribution in [0.15, 0.2) is 41.8 Å². The third-order valence-electron chi connectivity index (χ3n) is 3.92. The van der Waals surface area contributed by atoms with Crippen molar-refractivity contribution in [2.45, 2.75) is 37.7 Å². The fraction of sp³-hybridized carbons (Fsp3) is 0.375. The highest BCUT2D eigenvalue weighted by Gasteiger charge is 2.33. The van der Waals surface area contributed by atoms with Gasteiger partial charge in [0.2, 0.25) is 0 Å². The van der Waals surface area contributed by atoms with Gasteiger partial charge in [0.05, 0.1) is 5.60 Å². The Labute approximate surface area is 112 Å². The summed E-state index contributed by atoms with van der Waals surface area (Å²) in [4.78, 5) is 1.37. The Kier molecular flexibility index (Phi) is 3.23. The lowest BCUT2D eigenvalue weighted by atomic mass is 9.76. The van der Waals surface area contributed by atoms with Crippen LogP contribution in [0.4, 0.5) is 0 Å². The van der Waals surface area contributed by atoms with Crippen molar-refractivity contribution < 1.29 is 5.11 Å². The van der Waals surface area contributed by atoms with Crippen molar-refractivity contribution in [3.63, 3.8) is 0 Å². The lowest BCUT2D eigenvalue weighted by Gasteiger charge is -2.34. The van der Waals surface area contributed by atoms with Crippen LogP contribution in [0, 0.1) is 0 Å². The Morgan fingerprint density at radius 3 is 2.89 bits per heavy atom. The molecular formula is C16H18OS. The molecule has 1 unspecified atom stereocenters. The van der Waals surface area contributed by atoms with Gasteiger partial charge >= 0.3 is 0 Å². The first-order chi connectivity index (χ1) is 8.78. The van der Waals surface area contributed by atoms with Gasteiger partial charge in [-0.15, -0.1) is 11.3 Å². The molecule has 0 aliphatic heterocycles. The smallest absolute Gasteiger partial charge is 0.0902 e. The van der Waals surface area contributed by atoms with Gasteiger partial charge in [-0.2, -0.15) is 0 Å². The molecule has 0 bridgehead atoms. The van der Waals surface area contributed by atoms with Crippen LogP contribution >= 0.6 is 11.3 Å². The molecule has 94 valence electrons. The lowest BCUT2D eigenvalue weighted by molar-refractivity contribution is 0.0105. The quantitative estimate of drug-likeness (QED) is 0.885. The lowest BCUT2D eigenvalue weighted by Crippen LogP contribution is -2.31. The van der Waals surface area contributed by atoms with Gasteiger partial charge in [0.15, 0.2) is 0 Å². The van der Waals surface area contributed by atoms with Crippen molar-refractivity contribution in [3.8, 4) is 0 Å². The molecule has 0 saturated carbocycles. The molecule has 1 N–H and O–H groups in total. The van der Waals surface area contributed by atoms with E-state index in [4.69, 9.17) is 0 Å². The van der Waals surface area contributed by atoms with Crippen molar-refractivity contribution in [2.24, 2.45) is 0 Å². The number of benzene rings is 1. The van der Waals surface area contributed by atoms with Gasteiger partial charge in [-0.05, 0) is 54.7 Å². The van der Waals surface area contributed by atoms with Crippen LogP contribution in [-0.2, 0) is 18.4 Å². The summed E-state index contributed by atoms with van der Waals surface area (Å²) in [6.07, 6.45) is 4.91. The number of thiophene rings is 1. The van der Waals surface area contributed by atoms with Gasteiger partial charge < -0.3 is 5.11 Å². The SMILES string of the molecule is OC1(CCc2cccs2)CCCc2ccccc21. The van der Waals surface area contributed by atoms with E-state index in [1.54, 1.807) is 11.3 Å². The standard InChI is InChI=1S/C16H18OS/c17-16(11-9-14-7-4-12-18-14)10-3-6-13-5-1-2-8-15(13)16/h1-2,4-5,7-8,12,17H,3,6,9-11H2. The zero-order valence-electron chi connectivity index (χ0n) is 10.4. The predicted octanol–water partition coefficient (Wildman–Crippen LogP) is 3.90. The summed E-state index contributed by atoms with van der Waals surface area (Å²) in [5.74, 6) is 0. The molecular weight excluding hydrogens is 240 g/mol. The van der Waals surface area contributed by atoms with Gasteiger partial charge in [-0.25, -0.2) is 0 Å². The summed E-state index contributed by atoms with van der Waals surface area (Å²) in [5.41, 5.74) is 1.88. The molecule has 1 heterocycles. The molecule has 3 rings (SSSR count). The maximum absolute atomic E-state index is 10.9. The van der Waals surface area contributed by atoms with E-state index in [2.05, 4.69) is 35.7 Å². The molecule has 18 heavy (non-hydrogen) atoms. The van der Waals surface area contributed by atoms with Crippen LogP contribution in [0.3, 0.4) is 0 Å². The second kappa shape index (κ2) is 4.87. The van der Waals surface area contributed by atoms with E-state index in [1.807, 2.05) is 6.07 Å².